The van der Waals surface area contributed by atoms with Crippen molar-refractivity contribution in [2.45, 2.75) is 33.3 Å². The molecule has 0 spiro atoms. The summed E-state index contributed by atoms with van der Waals surface area (Å²) in [6.45, 7) is 6.15. The van der Waals surface area contributed by atoms with Crippen LogP contribution < -0.4 is 5.32 Å². The van der Waals surface area contributed by atoms with Gasteiger partial charge in [-0.3, -0.25) is 9.48 Å². The lowest BCUT2D eigenvalue weighted by Gasteiger charge is -2.13. The van der Waals surface area contributed by atoms with Crippen molar-refractivity contribution in [3.05, 3.63) is 23.0 Å². The molecule has 0 aliphatic rings. The van der Waals surface area contributed by atoms with Crippen molar-refractivity contribution in [1.82, 2.24) is 20.1 Å². The molecule has 0 radical (unpaired) electrons. The fourth-order valence-corrected chi connectivity index (χ4v) is 3.23. The molecule has 22 heavy (non-hydrogen) atoms. The van der Waals surface area contributed by atoms with E-state index in [2.05, 4.69) is 15.4 Å². The average Bonchev–Trinajstić information content (AvgIpc) is 3.01. The van der Waals surface area contributed by atoms with Gasteiger partial charge in [0.1, 0.15) is 9.88 Å². The van der Waals surface area contributed by atoms with Gasteiger partial charge in [0, 0.05) is 25.4 Å². The molecule has 7 heteroatoms. The number of carbonyl (C=O) groups excluding carboxylic acids is 1. The fourth-order valence-electron chi connectivity index (χ4n) is 2.28. The van der Waals surface area contributed by atoms with Crippen molar-refractivity contribution in [2.24, 2.45) is 13.0 Å². The number of thiazole rings is 1. The van der Waals surface area contributed by atoms with Gasteiger partial charge in [-0.05, 0) is 26.2 Å². The molecule has 0 bridgehead atoms. The van der Waals surface area contributed by atoms with Gasteiger partial charge in [-0.2, -0.15) is 5.10 Å². The zero-order chi connectivity index (χ0) is 16.3. The van der Waals surface area contributed by atoms with E-state index in [1.807, 2.05) is 27.1 Å². The maximum Gasteiger partial charge on any atom is 0.263 e. The van der Waals surface area contributed by atoms with Crippen molar-refractivity contribution in [2.75, 3.05) is 6.54 Å². The third-order valence-electron chi connectivity index (χ3n) is 3.31. The lowest BCUT2D eigenvalue weighted by molar-refractivity contribution is 0.0942. The standard InChI is InChI=1S/C15H22N4O2S/c1-9(5-10(2)20)6-16-14(21)13-11(3)18-15(22-13)12-7-17-19(4)8-12/h7-10,20H,5-6H2,1-4H3,(H,16,21). The molecule has 2 unspecified atom stereocenters. The number of nitrogens with one attached hydrogen (secondary N) is 1. The number of aromatic nitrogens is 3. The Hall–Kier alpha value is -1.73. The van der Waals surface area contributed by atoms with Crippen LogP contribution in [0.5, 0.6) is 0 Å². The summed E-state index contributed by atoms with van der Waals surface area (Å²) in [5.41, 5.74) is 1.64. The molecule has 2 rings (SSSR count). The van der Waals surface area contributed by atoms with Gasteiger partial charge in [-0.1, -0.05) is 6.92 Å². The fraction of sp³-hybridized carbons (Fsp3) is 0.533. The van der Waals surface area contributed by atoms with E-state index in [0.717, 1.165) is 16.3 Å². The molecule has 0 aliphatic carbocycles. The Bertz CT molecular complexity index is 648. The number of carbonyl (C=O) groups is 1. The van der Waals surface area contributed by atoms with Crippen LogP contribution in [-0.4, -0.2) is 38.4 Å². The van der Waals surface area contributed by atoms with Crippen LogP contribution in [0.1, 0.15) is 35.6 Å². The highest BCUT2D eigenvalue weighted by molar-refractivity contribution is 7.17. The van der Waals surface area contributed by atoms with Gasteiger partial charge in [0.05, 0.1) is 18.0 Å². The Morgan fingerprint density at radius 1 is 1.50 bits per heavy atom. The van der Waals surface area contributed by atoms with E-state index in [4.69, 9.17) is 0 Å². The van der Waals surface area contributed by atoms with E-state index in [1.54, 1.807) is 17.8 Å². The van der Waals surface area contributed by atoms with E-state index in [9.17, 15) is 9.90 Å². The molecule has 2 N–H and O–H groups in total. The minimum absolute atomic E-state index is 0.109. The minimum atomic E-state index is -0.353. The van der Waals surface area contributed by atoms with Crippen molar-refractivity contribution in [3.63, 3.8) is 0 Å². The number of amides is 1. The normalized spacial score (nSPS) is 13.9. The number of rotatable bonds is 6. The van der Waals surface area contributed by atoms with Crippen LogP contribution in [0, 0.1) is 12.8 Å². The number of aliphatic hydroxyl groups is 1. The summed E-state index contributed by atoms with van der Waals surface area (Å²) >= 11 is 1.37. The summed E-state index contributed by atoms with van der Waals surface area (Å²) < 4.78 is 1.71. The molecule has 1 amide bonds. The molecular formula is C15H22N4O2S. The van der Waals surface area contributed by atoms with E-state index >= 15 is 0 Å². The Kier molecular flexibility index (Phi) is 5.31. The molecule has 2 atom stereocenters. The third-order valence-corrected chi connectivity index (χ3v) is 4.51. The largest absolute Gasteiger partial charge is 0.393 e. The van der Waals surface area contributed by atoms with E-state index in [1.165, 1.54) is 11.3 Å². The van der Waals surface area contributed by atoms with Gasteiger partial charge in [-0.15, -0.1) is 11.3 Å². The first-order valence-electron chi connectivity index (χ1n) is 7.29. The van der Waals surface area contributed by atoms with Crippen molar-refractivity contribution >= 4 is 17.2 Å². The third kappa shape index (κ3) is 4.14. The van der Waals surface area contributed by atoms with Crippen molar-refractivity contribution in [3.8, 4) is 10.6 Å². The van der Waals surface area contributed by atoms with Gasteiger partial charge in [0.2, 0.25) is 0 Å². The highest BCUT2D eigenvalue weighted by atomic mass is 32.1. The SMILES string of the molecule is Cc1nc(-c2cnn(C)c2)sc1C(=O)NCC(C)CC(C)O. The zero-order valence-corrected chi connectivity index (χ0v) is 14.1. The molecule has 2 aromatic heterocycles. The molecule has 6 nitrogen and oxygen atoms in total. The van der Waals surface area contributed by atoms with Crippen LogP contribution in [0.2, 0.25) is 0 Å². The lowest BCUT2D eigenvalue weighted by atomic mass is 10.0. The molecule has 0 aromatic carbocycles. The Morgan fingerprint density at radius 3 is 2.82 bits per heavy atom. The van der Waals surface area contributed by atoms with E-state index in [0.29, 0.717) is 17.8 Å². The quantitative estimate of drug-likeness (QED) is 0.852. The topological polar surface area (TPSA) is 80.0 Å². The van der Waals surface area contributed by atoms with E-state index < -0.39 is 0 Å². The molecule has 120 valence electrons. The summed E-state index contributed by atoms with van der Waals surface area (Å²) in [7, 11) is 1.85. The first kappa shape index (κ1) is 16.6. The van der Waals surface area contributed by atoms with Gasteiger partial charge in [0.15, 0.2) is 0 Å². The number of nitrogens with zero attached hydrogens (tertiary/aromatic N) is 3. The second-order valence-electron chi connectivity index (χ2n) is 5.74. The monoisotopic (exact) mass is 322 g/mol. The average molecular weight is 322 g/mol. The Morgan fingerprint density at radius 2 is 2.23 bits per heavy atom. The van der Waals surface area contributed by atoms with E-state index in [-0.39, 0.29) is 17.9 Å². The summed E-state index contributed by atoms with van der Waals surface area (Å²) in [5, 5.41) is 17.2. The van der Waals surface area contributed by atoms with Gasteiger partial charge in [0.25, 0.3) is 5.91 Å². The first-order valence-corrected chi connectivity index (χ1v) is 8.11. The number of aliphatic hydroxyl groups excluding tert-OH is 1. The Labute approximate surface area is 134 Å². The van der Waals surface area contributed by atoms with Gasteiger partial charge in [-0.25, -0.2) is 4.98 Å². The minimum Gasteiger partial charge on any atom is -0.393 e. The van der Waals surface area contributed by atoms with Crippen LogP contribution in [0.4, 0.5) is 0 Å². The second kappa shape index (κ2) is 7.02. The van der Waals surface area contributed by atoms with Crippen LogP contribution in [0.15, 0.2) is 12.4 Å². The van der Waals surface area contributed by atoms with Gasteiger partial charge < -0.3 is 10.4 Å². The van der Waals surface area contributed by atoms with Crippen LogP contribution in [-0.2, 0) is 7.05 Å². The number of hydrogen-bond acceptors (Lipinski definition) is 5. The summed E-state index contributed by atoms with van der Waals surface area (Å²) in [4.78, 5) is 17.4. The first-order chi connectivity index (χ1) is 10.4. The maximum atomic E-state index is 12.3. The van der Waals surface area contributed by atoms with Crippen molar-refractivity contribution in [1.29, 1.82) is 0 Å². The zero-order valence-electron chi connectivity index (χ0n) is 13.3. The smallest absolute Gasteiger partial charge is 0.263 e. The predicted molar refractivity (Wildman–Crippen MR) is 86.8 cm³/mol. The van der Waals surface area contributed by atoms with Crippen molar-refractivity contribution < 1.29 is 9.90 Å². The molecule has 2 aromatic rings. The van der Waals surface area contributed by atoms with Crippen LogP contribution >= 0.6 is 11.3 Å². The molecule has 2 heterocycles. The van der Waals surface area contributed by atoms with Crippen LogP contribution in [0.25, 0.3) is 10.6 Å². The molecular weight excluding hydrogens is 300 g/mol. The summed E-state index contributed by atoms with van der Waals surface area (Å²) in [6.07, 6.45) is 3.94. The summed E-state index contributed by atoms with van der Waals surface area (Å²) in [5.74, 6) is 0.123. The predicted octanol–water partition coefficient (Wildman–Crippen LogP) is 1.99. The Balaban J connectivity index is 2.03. The van der Waals surface area contributed by atoms with Crippen LogP contribution in [0.3, 0.4) is 0 Å². The molecule has 0 fully saturated rings. The molecule has 0 aliphatic heterocycles. The van der Waals surface area contributed by atoms with Gasteiger partial charge >= 0.3 is 0 Å². The number of hydrogen-bond donors (Lipinski definition) is 2. The molecule has 0 saturated heterocycles. The highest BCUT2D eigenvalue weighted by Gasteiger charge is 2.17. The maximum absolute atomic E-state index is 12.3. The number of aryl methyl sites for hydroxylation is 2. The lowest BCUT2D eigenvalue weighted by Crippen LogP contribution is -2.29. The highest BCUT2D eigenvalue weighted by Crippen LogP contribution is 2.27. The molecule has 0 saturated carbocycles. The second-order valence-corrected chi connectivity index (χ2v) is 6.74. The summed E-state index contributed by atoms with van der Waals surface area (Å²) in [6, 6.07) is 0.